The molecule has 0 fully saturated rings. The lowest BCUT2D eigenvalue weighted by atomic mass is 10.1. The van der Waals surface area contributed by atoms with Crippen LogP contribution in [0, 0.1) is 11.3 Å². The zero-order valence-corrected chi connectivity index (χ0v) is 13.9. The first-order valence-corrected chi connectivity index (χ1v) is 7.73. The monoisotopic (exact) mass is 318 g/mol. The Hall–Kier alpha value is -3.06. The number of ether oxygens (including phenoxy) is 1. The van der Waals surface area contributed by atoms with Crippen LogP contribution in [0.15, 0.2) is 54.6 Å². The van der Waals surface area contributed by atoms with Gasteiger partial charge in [0.2, 0.25) is 0 Å². The highest BCUT2D eigenvalue weighted by Crippen LogP contribution is 2.29. The van der Waals surface area contributed by atoms with Crippen molar-refractivity contribution in [3.8, 4) is 17.3 Å². The molecule has 0 aliphatic carbocycles. The average Bonchev–Trinajstić information content (AvgIpc) is 2.92. The van der Waals surface area contributed by atoms with E-state index in [1.54, 1.807) is 22.8 Å². The van der Waals surface area contributed by atoms with Crippen LogP contribution in [0.5, 0.6) is 0 Å². The fourth-order valence-electron chi connectivity index (χ4n) is 2.61. The second-order valence-corrected chi connectivity index (χ2v) is 6.60. The highest BCUT2D eigenvalue weighted by atomic mass is 16.6. The van der Waals surface area contributed by atoms with E-state index >= 15 is 0 Å². The normalized spacial score (nSPS) is 11.2. The standard InChI is InChI=1S/C20H18N2O2/c1-20(2,3)24-19(23)22-17-10-9-14(13-21)11-16(17)12-18(22)15-7-5-4-6-8-15/h4-12H,1-3H3. The largest absolute Gasteiger partial charge is 0.443 e. The summed E-state index contributed by atoms with van der Waals surface area (Å²) in [7, 11) is 0. The van der Waals surface area contributed by atoms with Crippen LogP contribution in [0.2, 0.25) is 0 Å². The number of carbonyl (C=O) groups is 1. The first kappa shape index (κ1) is 15.8. The number of carbonyl (C=O) groups excluding carboxylic acids is 1. The predicted octanol–water partition coefficient (Wildman–Crippen LogP) is 4.96. The maximum Gasteiger partial charge on any atom is 0.419 e. The third kappa shape index (κ3) is 3.02. The second kappa shape index (κ2) is 5.86. The quantitative estimate of drug-likeness (QED) is 0.637. The van der Waals surface area contributed by atoms with Gasteiger partial charge < -0.3 is 4.74 Å². The Kier molecular flexibility index (Phi) is 3.86. The van der Waals surface area contributed by atoms with E-state index in [2.05, 4.69) is 6.07 Å². The lowest BCUT2D eigenvalue weighted by Crippen LogP contribution is -2.27. The molecule has 0 N–H and O–H groups in total. The van der Waals surface area contributed by atoms with Crippen molar-refractivity contribution in [3.05, 3.63) is 60.2 Å². The average molecular weight is 318 g/mol. The molecule has 120 valence electrons. The molecule has 0 radical (unpaired) electrons. The number of nitrogens with zero attached hydrogens (tertiary/aromatic N) is 2. The molecule has 0 aliphatic rings. The van der Waals surface area contributed by atoms with Gasteiger partial charge in [0.25, 0.3) is 0 Å². The first-order chi connectivity index (χ1) is 11.4. The molecule has 24 heavy (non-hydrogen) atoms. The van der Waals surface area contributed by atoms with Gasteiger partial charge in [0.15, 0.2) is 0 Å². The SMILES string of the molecule is CC(C)(C)OC(=O)n1c(-c2ccccc2)cc2cc(C#N)ccc21. The van der Waals surface area contributed by atoms with E-state index < -0.39 is 11.7 Å². The summed E-state index contributed by atoms with van der Waals surface area (Å²) in [6.45, 7) is 5.52. The molecule has 3 aromatic rings. The van der Waals surface area contributed by atoms with Gasteiger partial charge >= 0.3 is 6.09 Å². The van der Waals surface area contributed by atoms with Gasteiger partial charge in [-0.1, -0.05) is 30.3 Å². The second-order valence-electron chi connectivity index (χ2n) is 6.60. The molecule has 0 atom stereocenters. The summed E-state index contributed by atoms with van der Waals surface area (Å²) in [6, 6.07) is 19.0. The van der Waals surface area contributed by atoms with Gasteiger partial charge in [-0.25, -0.2) is 9.36 Å². The van der Waals surface area contributed by atoms with Crippen molar-refractivity contribution in [2.75, 3.05) is 0 Å². The van der Waals surface area contributed by atoms with Crippen LogP contribution in [-0.4, -0.2) is 16.3 Å². The highest BCUT2D eigenvalue weighted by molar-refractivity contribution is 5.96. The zero-order valence-electron chi connectivity index (χ0n) is 13.9. The minimum atomic E-state index is -0.589. The topological polar surface area (TPSA) is 55.0 Å². The third-order valence-corrected chi connectivity index (χ3v) is 3.58. The third-order valence-electron chi connectivity index (χ3n) is 3.58. The van der Waals surface area contributed by atoms with E-state index in [0.717, 1.165) is 22.2 Å². The molecule has 0 unspecified atom stereocenters. The fraction of sp³-hybridized carbons (Fsp3) is 0.200. The Balaban J connectivity index is 2.24. The van der Waals surface area contributed by atoms with Gasteiger partial charge in [-0.3, -0.25) is 0 Å². The van der Waals surface area contributed by atoms with Crippen molar-refractivity contribution < 1.29 is 9.53 Å². The minimum absolute atomic E-state index is 0.430. The molecule has 0 bridgehead atoms. The van der Waals surface area contributed by atoms with E-state index in [0.29, 0.717) is 5.56 Å². The number of benzene rings is 2. The fourth-order valence-corrected chi connectivity index (χ4v) is 2.61. The molecule has 1 aromatic heterocycles. The number of nitriles is 1. The van der Waals surface area contributed by atoms with E-state index in [9.17, 15) is 4.79 Å². The Morgan fingerprint density at radius 1 is 1.08 bits per heavy atom. The molecule has 0 saturated heterocycles. The van der Waals surface area contributed by atoms with Gasteiger partial charge in [0.05, 0.1) is 22.8 Å². The van der Waals surface area contributed by atoms with Crippen LogP contribution in [0.25, 0.3) is 22.2 Å². The lowest BCUT2D eigenvalue weighted by molar-refractivity contribution is 0.0547. The Morgan fingerprint density at radius 2 is 1.79 bits per heavy atom. The van der Waals surface area contributed by atoms with Crippen LogP contribution in [0.4, 0.5) is 4.79 Å². The maximum atomic E-state index is 12.8. The minimum Gasteiger partial charge on any atom is -0.443 e. The summed E-state index contributed by atoms with van der Waals surface area (Å²) in [5.41, 5.74) is 2.35. The summed E-state index contributed by atoms with van der Waals surface area (Å²) in [5.74, 6) is 0. The Labute approximate surface area is 140 Å². The summed E-state index contributed by atoms with van der Waals surface area (Å²) in [5, 5.41) is 9.94. The number of hydrogen-bond donors (Lipinski definition) is 0. The summed E-state index contributed by atoms with van der Waals surface area (Å²) < 4.78 is 7.13. The molecular weight excluding hydrogens is 300 g/mol. The van der Waals surface area contributed by atoms with Gasteiger partial charge in [-0.15, -0.1) is 0 Å². The van der Waals surface area contributed by atoms with Gasteiger partial charge in [-0.05, 0) is 50.6 Å². The number of fused-ring (bicyclic) bond motifs is 1. The van der Waals surface area contributed by atoms with Crippen molar-refractivity contribution >= 4 is 17.0 Å². The van der Waals surface area contributed by atoms with Crippen molar-refractivity contribution in [3.63, 3.8) is 0 Å². The molecule has 2 aromatic carbocycles. The number of aromatic nitrogens is 1. The highest BCUT2D eigenvalue weighted by Gasteiger charge is 2.22. The van der Waals surface area contributed by atoms with Crippen LogP contribution >= 0.6 is 0 Å². The van der Waals surface area contributed by atoms with Gasteiger partial charge in [-0.2, -0.15) is 5.26 Å². The molecule has 0 aliphatic heterocycles. The zero-order chi connectivity index (χ0) is 17.3. The summed E-state index contributed by atoms with van der Waals surface area (Å²) in [6.07, 6.45) is -0.430. The van der Waals surface area contributed by atoms with E-state index in [-0.39, 0.29) is 0 Å². The number of hydrogen-bond acceptors (Lipinski definition) is 3. The van der Waals surface area contributed by atoms with Crippen LogP contribution < -0.4 is 0 Å². The van der Waals surface area contributed by atoms with E-state index in [1.807, 2.05) is 57.2 Å². The molecule has 0 saturated carbocycles. The van der Waals surface area contributed by atoms with Gasteiger partial charge in [0, 0.05) is 5.39 Å². The van der Waals surface area contributed by atoms with E-state index in [1.165, 1.54) is 0 Å². The molecule has 1 heterocycles. The van der Waals surface area contributed by atoms with Crippen LogP contribution in [0.1, 0.15) is 26.3 Å². The smallest absolute Gasteiger partial charge is 0.419 e. The first-order valence-electron chi connectivity index (χ1n) is 7.73. The van der Waals surface area contributed by atoms with Crippen LogP contribution in [-0.2, 0) is 4.74 Å². The Bertz CT molecular complexity index is 941. The van der Waals surface area contributed by atoms with Crippen molar-refractivity contribution in [1.82, 2.24) is 4.57 Å². The van der Waals surface area contributed by atoms with Gasteiger partial charge in [0.1, 0.15) is 5.60 Å². The van der Waals surface area contributed by atoms with Crippen molar-refractivity contribution in [2.45, 2.75) is 26.4 Å². The van der Waals surface area contributed by atoms with Crippen LogP contribution in [0.3, 0.4) is 0 Å². The predicted molar refractivity (Wildman–Crippen MR) is 93.7 cm³/mol. The van der Waals surface area contributed by atoms with E-state index in [4.69, 9.17) is 10.00 Å². The summed E-state index contributed by atoms with van der Waals surface area (Å²) >= 11 is 0. The Morgan fingerprint density at radius 3 is 2.42 bits per heavy atom. The molecular formula is C20H18N2O2. The molecule has 3 rings (SSSR count). The summed E-state index contributed by atoms with van der Waals surface area (Å²) in [4.78, 5) is 12.8. The number of rotatable bonds is 1. The molecule has 4 heteroatoms. The van der Waals surface area contributed by atoms with Crippen molar-refractivity contribution in [2.24, 2.45) is 0 Å². The molecule has 0 amide bonds. The molecule has 0 spiro atoms. The maximum absolute atomic E-state index is 12.8. The molecule has 4 nitrogen and oxygen atoms in total. The van der Waals surface area contributed by atoms with Crippen molar-refractivity contribution in [1.29, 1.82) is 5.26 Å². The lowest BCUT2D eigenvalue weighted by Gasteiger charge is -2.21.